The van der Waals surface area contributed by atoms with Crippen LogP contribution in [0.3, 0.4) is 0 Å². The number of hydrogen-bond acceptors (Lipinski definition) is 2. The summed E-state index contributed by atoms with van der Waals surface area (Å²) in [4.78, 5) is 32.5. The van der Waals surface area contributed by atoms with Crippen molar-refractivity contribution < 1.29 is 0 Å². The van der Waals surface area contributed by atoms with E-state index in [0.717, 1.165) is 187 Å². The van der Waals surface area contributed by atoms with Gasteiger partial charge >= 0.3 is 0 Å². The first-order valence-electron chi connectivity index (χ1n) is 36.2. The molecule has 8 nitrogen and oxygen atoms in total. The van der Waals surface area contributed by atoms with Crippen molar-refractivity contribution in [3.05, 3.63) is 360 Å². The molecular formula is C98H56N6O2. The van der Waals surface area contributed by atoms with Gasteiger partial charge in [-0.1, -0.05) is 212 Å². The Labute approximate surface area is 603 Å². The lowest BCUT2D eigenvalue weighted by Gasteiger charge is -2.10. The minimum atomic E-state index is -0.0850. The zero-order chi connectivity index (χ0) is 69.3. The molecule has 8 heteroatoms. The minimum Gasteiger partial charge on any atom is -0.309 e. The highest BCUT2D eigenvalue weighted by Gasteiger charge is 2.27. The molecule has 0 N–H and O–H groups in total. The van der Waals surface area contributed by atoms with E-state index in [4.69, 9.17) is 0 Å². The largest absolute Gasteiger partial charge is 0.309 e. The van der Waals surface area contributed by atoms with E-state index in [0.29, 0.717) is 10.8 Å². The number of rotatable bonds is 7. The molecule has 16 aromatic carbocycles. The fourth-order valence-electron chi connectivity index (χ4n) is 18.6. The minimum absolute atomic E-state index is 0.0732. The number of nitrogens with zero attached hydrogens (tertiary/aromatic N) is 6. The Balaban J connectivity index is 0.761. The molecule has 0 saturated heterocycles. The monoisotopic (exact) mass is 1350 g/mol. The fraction of sp³-hybridized carbons (Fsp3) is 0. The van der Waals surface area contributed by atoms with Gasteiger partial charge in [0.2, 0.25) is 0 Å². The predicted molar refractivity (Wildman–Crippen MR) is 441 cm³/mol. The standard InChI is InChI=1S/C98H56N6O2/c105-97-75-40-35-64(53-91(75)101-88-45-38-67(99-83-31-14-10-27-69(83)70-28-11-15-32-84(70)99)55-78(88)73-41-42-74-79-56-68(39-46-90(79)104(97)96(74)95(73)101)100-85-33-16-12-29-71(85)72-30-13-17-34-86(72)100)60-25-18-26-61(47-60)66-51-81-77-49-63(58-21-6-2-7-22-58)37-44-89(77)103-94(81)92(54-66)102-87-43-36-62(57-19-4-1-5-20-57)48-76(87)80-50-65(59-23-8-3-9-24-59)52-82(93(80)102)98(103)106/h1-56H. The molecule has 0 spiro atoms. The zero-order valence-corrected chi connectivity index (χ0v) is 56.8. The normalized spacial score (nSPS) is 12.4. The van der Waals surface area contributed by atoms with Crippen LogP contribution in [0.15, 0.2) is 349 Å². The lowest BCUT2D eigenvalue weighted by molar-refractivity contribution is 1.18. The van der Waals surface area contributed by atoms with Crippen molar-refractivity contribution >= 4 is 153 Å². The molecule has 0 aliphatic carbocycles. The smallest absolute Gasteiger partial charge is 0.265 e. The van der Waals surface area contributed by atoms with Gasteiger partial charge in [-0.2, -0.15) is 0 Å². The molecule has 0 unspecified atom stereocenters. The molecule has 0 fully saturated rings. The van der Waals surface area contributed by atoms with Crippen LogP contribution in [-0.2, 0) is 0 Å². The van der Waals surface area contributed by atoms with Crippen molar-refractivity contribution in [2.24, 2.45) is 0 Å². The van der Waals surface area contributed by atoms with E-state index in [-0.39, 0.29) is 11.1 Å². The first-order chi connectivity index (χ1) is 52.4. The van der Waals surface area contributed by atoms with Crippen LogP contribution in [-0.4, -0.2) is 26.7 Å². The van der Waals surface area contributed by atoms with Crippen LogP contribution in [0.5, 0.6) is 0 Å². The van der Waals surface area contributed by atoms with Gasteiger partial charge in [-0.3, -0.25) is 18.4 Å². The number of benzene rings is 16. The van der Waals surface area contributed by atoms with Gasteiger partial charge in [0.1, 0.15) is 0 Å². The Morgan fingerprint density at radius 1 is 0.151 bits per heavy atom. The average molecular weight is 1350 g/mol. The van der Waals surface area contributed by atoms with Crippen molar-refractivity contribution in [2.45, 2.75) is 0 Å². The molecule has 8 aromatic heterocycles. The number of para-hydroxylation sites is 4. The Morgan fingerprint density at radius 3 is 1.01 bits per heavy atom. The molecular weight excluding hydrogens is 1290 g/mol. The Bertz CT molecular complexity index is 8010. The SMILES string of the molecule is O=c1c2cc(-c3ccccc3)cc3c4cc(-c5ccccc5)ccc4n(c4cc(-c5cccc(-c6ccc7c(=O)n8c9ccc(-n%10c%11ccccc%11c%11ccccc%11%10)cc9c9ccc%10c%11cc(-n%12c%13ccccc%13c%13ccccc%13%12)ccc%11n(c7c6)c%10c98)c5)cc5c6cc(-c7ccccc7)ccc6n1c54)c23. The van der Waals surface area contributed by atoms with Gasteiger partial charge in [-0.25, -0.2) is 0 Å². The van der Waals surface area contributed by atoms with Crippen LogP contribution in [0.4, 0.5) is 0 Å². The van der Waals surface area contributed by atoms with Crippen molar-refractivity contribution in [1.82, 2.24) is 26.7 Å². The summed E-state index contributed by atoms with van der Waals surface area (Å²) in [6, 6.07) is 122. The quantitative estimate of drug-likeness (QED) is 0.160. The number of aromatic nitrogens is 6. The third-order valence-electron chi connectivity index (χ3n) is 23.2. The molecule has 0 saturated carbocycles. The predicted octanol–water partition coefficient (Wildman–Crippen LogP) is 24.0. The number of hydrogen-bond donors (Lipinski definition) is 0. The molecule has 0 amide bonds. The van der Waals surface area contributed by atoms with E-state index in [1.807, 2.05) is 14.9 Å². The van der Waals surface area contributed by atoms with Crippen molar-refractivity contribution in [3.63, 3.8) is 0 Å². The Morgan fingerprint density at radius 2 is 0.481 bits per heavy atom. The summed E-state index contributed by atoms with van der Waals surface area (Å²) in [5.41, 5.74) is 25.9. The lowest BCUT2D eigenvalue weighted by atomic mass is 9.96. The van der Waals surface area contributed by atoms with Crippen molar-refractivity contribution in [1.29, 1.82) is 0 Å². The topological polar surface area (TPSA) is 61.6 Å². The van der Waals surface area contributed by atoms with Gasteiger partial charge in [-0.05, 0) is 183 Å². The summed E-state index contributed by atoms with van der Waals surface area (Å²) in [5.74, 6) is 0. The molecule has 0 aliphatic rings. The van der Waals surface area contributed by atoms with Crippen LogP contribution < -0.4 is 11.1 Å². The molecule has 0 atom stereocenters. The molecule has 24 rings (SSSR count). The summed E-state index contributed by atoms with van der Waals surface area (Å²) in [7, 11) is 0. The second kappa shape index (κ2) is 21.1. The van der Waals surface area contributed by atoms with Gasteiger partial charge < -0.3 is 17.9 Å². The highest BCUT2D eigenvalue weighted by atomic mass is 16.1. The summed E-state index contributed by atoms with van der Waals surface area (Å²) in [5, 5.41) is 14.3. The van der Waals surface area contributed by atoms with Gasteiger partial charge in [0.05, 0.1) is 88.0 Å². The third kappa shape index (κ3) is 7.74. The molecule has 24 aromatic rings. The van der Waals surface area contributed by atoms with Gasteiger partial charge in [0.15, 0.2) is 0 Å². The van der Waals surface area contributed by atoms with E-state index in [1.54, 1.807) is 0 Å². The highest BCUT2D eigenvalue weighted by molar-refractivity contribution is 6.26. The number of fused-ring (bicyclic) bond motifs is 21. The maximum atomic E-state index is 16.3. The summed E-state index contributed by atoms with van der Waals surface area (Å²) in [6.45, 7) is 0. The van der Waals surface area contributed by atoms with Crippen LogP contribution in [0.1, 0.15) is 0 Å². The average Bonchev–Trinajstić information content (AvgIpc) is 1.53. The van der Waals surface area contributed by atoms with Crippen LogP contribution in [0.25, 0.3) is 220 Å². The molecule has 0 radical (unpaired) electrons. The first-order valence-corrected chi connectivity index (χ1v) is 36.2. The highest BCUT2D eigenvalue weighted by Crippen LogP contribution is 2.47. The Kier molecular flexibility index (Phi) is 11.4. The van der Waals surface area contributed by atoms with E-state index in [2.05, 4.69) is 352 Å². The second-order valence-corrected chi connectivity index (χ2v) is 28.6. The van der Waals surface area contributed by atoms with Crippen molar-refractivity contribution in [2.75, 3.05) is 0 Å². The summed E-state index contributed by atoms with van der Waals surface area (Å²) >= 11 is 0. The molecule has 8 heterocycles. The molecule has 490 valence electrons. The van der Waals surface area contributed by atoms with Gasteiger partial charge in [-0.15, -0.1) is 0 Å². The van der Waals surface area contributed by atoms with Gasteiger partial charge in [0.25, 0.3) is 11.1 Å². The maximum Gasteiger partial charge on any atom is 0.265 e. The molecule has 106 heavy (non-hydrogen) atoms. The van der Waals surface area contributed by atoms with E-state index in [9.17, 15) is 0 Å². The zero-order valence-electron chi connectivity index (χ0n) is 56.8. The van der Waals surface area contributed by atoms with Crippen molar-refractivity contribution in [3.8, 4) is 67.0 Å². The Hall–Kier alpha value is -14.3. The van der Waals surface area contributed by atoms with E-state index in [1.165, 1.54) is 21.5 Å². The fourth-order valence-corrected chi connectivity index (χ4v) is 18.6. The summed E-state index contributed by atoms with van der Waals surface area (Å²) < 4.78 is 13.5. The van der Waals surface area contributed by atoms with E-state index < -0.39 is 0 Å². The van der Waals surface area contributed by atoms with Crippen LogP contribution >= 0.6 is 0 Å². The summed E-state index contributed by atoms with van der Waals surface area (Å²) in [6.07, 6.45) is 0. The van der Waals surface area contributed by atoms with Crippen LogP contribution in [0, 0.1) is 0 Å². The van der Waals surface area contributed by atoms with E-state index >= 15 is 9.59 Å². The molecule has 0 bridgehead atoms. The second-order valence-electron chi connectivity index (χ2n) is 28.6. The van der Waals surface area contributed by atoms with Crippen LogP contribution in [0.2, 0.25) is 0 Å². The molecule has 0 aliphatic heterocycles. The van der Waals surface area contributed by atoms with Gasteiger partial charge in [0, 0.05) is 76.0 Å². The third-order valence-corrected chi connectivity index (χ3v) is 23.2. The first kappa shape index (κ1) is 57.3. The lowest BCUT2D eigenvalue weighted by Crippen LogP contribution is -2.09. The maximum absolute atomic E-state index is 16.3.